The van der Waals surface area contributed by atoms with Gasteiger partial charge in [-0.05, 0) is 39.0 Å². The first-order valence-corrected chi connectivity index (χ1v) is 11.0. The summed E-state index contributed by atoms with van der Waals surface area (Å²) in [7, 11) is 1.54. The maximum absolute atomic E-state index is 11.9. The molecule has 0 radical (unpaired) electrons. The fourth-order valence-electron chi connectivity index (χ4n) is 3.07. The number of ketones is 1. The zero-order valence-electron chi connectivity index (χ0n) is 18.3. The number of allylic oxidation sites excluding steroid dienone is 1. The van der Waals surface area contributed by atoms with Crippen LogP contribution in [0.3, 0.4) is 0 Å². The number of ether oxygens (including phenoxy) is 2. The number of unbranched alkanes of at least 4 members (excludes halogenated alkanes) is 7. The minimum absolute atomic E-state index is 0.126. The van der Waals surface area contributed by atoms with Crippen LogP contribution < -0.4 is 0 Å². The first-order chi connectivity index (χ1) is 13.5. The van der Waals surface area contributed by atoms with Gasteiger partial charge < -0.3 is 14.6 Å². The number of hydrogen-bond acceptors (Lipinski definition) is 5. The number of esters is 1. The smallest absolute Gasteiger partial charge is 0.316 e. The Balaban J connectivity index is 3.72. The van der Waals surface area contributed by atoms with Gasteiger partial charge >= 0.3 is 5.97 Å². The maximum Gasteiger partial charge on any atom is 0.316 e. The number of carbonyl (C=O) groups excluding carboxylic acids is 2. The van der Waals surface area contributed by atoms with E-state index in [1.807, 2.05) is 0 Å². The van der Waals surface area contributed by atoms with Crippen molar-refractivity contribution in [1.82, 2.24) is 0 Å². The van der Waals surface area contributed by atoms with Crippen molar-refractivity contribution >= 4 is 11.8 Å². The monoisotopic (exact) mass is 398 g/mol. The third-order valence-corrected chi connectivity index (χ3v) is 4.89. The van der Waals surface area contributed by atoms with Crippen LogP contribution in [0.25, 0.3) is 0 Å². The van der Waals surface area contributed by atoms with Crippen molar-refractivity contribution in [2.75, 3.05) is 20.3 Å². The molecule has 0 fully saturated rings. The summed E-state index contributed by atoms with van der Waals surface area (Å²) in [5, 5.41) is 9.91. The van der Waals surface area contributed by atoms with E-state index >= 15 is 0 Å². The van der Waals surface area contributed by atoms with Gasteiger partial charge in [-0.3, -0.25) is 9.59 Å². The van der Waals surface area contributed by atoms with Crippen LogP contribution >= 0.6 is 0 Å². The molecule has 0 saturated heterocycles. The summed E-state index contributed by atoms with van der Waals surface area (Å²) in [6.45, 7) is 4.18. The van der Waals surface area contributed by atoms with Crippen molar-refractivity contribution < 1.29 is 24.2 Å². The predicted octanol–water partition coefficient (Wildman–Crippen LogP) is 5.00. The molecule has 0 aromatic carbocycles. The largest absolute Gasteiger partial charge is 0.463 e. The lowest BCUT2D eigenvalue weighted by atomic mass is 9.97. The Morgan fingerprint density at radius 2 is 1.61 bits per heavy atom. The van der Waals surface area contributed by atoms with E-state index < -0.39 is 11.9 Å². The molecule has 0 rings (SSSR count). The van der Waals surface area contributed by atoms with Crippen LogP contribution in [0.15, 0.2) is 12.2 Å². The fourth-order valence-corrected chi connectivity index (χ4v) is 3.07. The molecule has 0 spiro atoms. The quantitative estimate of drug-likeness (QED) is 0.143. The van der Waals surface area contributed by atoms with E-state index in [1.165, 1.54) is 26.2 Å². The molecule has 0 amide bonds. The Morgan fingerprint density at radius 1 is 0.929 bits per heavy atom. The average Bonchev–Trinajstić information content (AvgIpc) is 2.66. The fraction of sp³-hybridized carbons (Fsp3) is 0.826. The van der Waals surface area contributed by atoms with Gasteiger partial charge in [0.25, 0.3) is 0 Å². The van der Waals surface area contributed by atoms with Gasteiger partial charge in [-0.25, -0.2) is 0 Å². The molecule has 0 aromatic rings. The number of methoxy groups -OCH3 is 1. The second-order valence-corrected chi connectivity index (χ2v) is 7.53. The van der Waals surface area contributed by atoms with Crippen molar-refractivity contribution in [3.63, 3.8) is 0 Å². The predicted molar refractivity (Wildman–Crippen MR) is 113 cm³/mol. The van der Waals surface area contributed by atoms with Crippen LogP contribution in [0.1, 0.15) is 90.9 Å². The molecule has 0 aromatic heterocycles. The van der Waals surface area contributed by atoms with Crippen LogP contribution in [-0.2, 0) is 19.1 Å². The summed E-state index contributed by atoms with van der Waals surface area (Å²) in [5.41, 5.74) is 0. The van der Waals surface area contributed by atoms with Crippen molar-refractivity contribution in [2.24, 2.45) is 5.92 Å². The van der Waals surface area contributed by atoms with E-state index in [2.05, 4.69) is 19.1 Å². The Bertz CT molecular complexity index is 419. The summed E-state index contributed by atoms with van der Waals surface area (Å²) in [5.74, 6) is -1.20. The number of hydrogen-bond donors (Lipinski definition) is 1. The first-order valence-electron chi connectivity index (χ1n) is 11.0. The van der Waals surface area contributed by atoms with Crippen molar-refractivity contribution in [3.8, 4) is 0 Å². The lowest BCUT2D eigenvalue weighted by molar-refractivity contribution is -0.153. The Kier molecular flexibility index (Phi) is 18.3. The van der Waals surface area contributed by atoms with Gasteiger partial charge in [-0.15, -0.1) is 0 Å². The SMILES string of the molecule is CCCCCC[C@@H](O)C/C=C\CCCCCCC(C(C)=O)C(=O)OCCOC. The summed E-state index contributed by atoms with van der Waals surface area (Å²) >= 11 is 0. The molecule has 0 aliphatic carbocycles. The Hall–Kier alpha value is -1.20. The highest BCUT2D eigenvalue weighted by molar-refractivity contribution is 5.97. The Labute approximate surface area is 171 Å². The highest BCUT2D eigenvalue weighted by atomic mass is 16.6. The van der Waals surface area contributed by atoms with Gasteiger partial charge in [0.05, 0.1) is 12.7 Å². The number of Topliss-reactive ketones (excluding diaryl/α,β-unsaturated/α-hetero) is 1. The summed E-state index contributed by atoms with van der Waals surface area (Å²) < 4.78 is 9.91. The Morgan fingerprint density at radius 3 is 2.29 bits per heavy atom. The third-order valence-electron chi connectivity index (χ3n) is 4.89. The van der Waals surface area contributed by atoms with Crippen molar-refractivity contribution in [3.05, 3.63) is 12.2 Å². The van der Waals surface area contributed by atoms with Crippen LogP contribution in [0.4, 0.5) is 0 Å². The highest BCUT2D eigenvalue weighted by Gasteiger charge is 2.24. The zero-order chi connectivity index (χ0) is 21.0. The zero-order valence-corrected chi connectivity index (χ0v) is 18.3. The number of aliphatic hydroxyl groups excluding tert-OH is 1. The molecular weight excluding hydrogens is 356 g/mol. The first kappa shape index (κ1) is 26.8. The minimum Gasteiger partial charge on any atom is -0.463 e. The molecule has 0 aliphatic heterocycles. The summed E-state index contributed by atoms with van der Waals surface area (Å²) in [6.07, 6.45) is 16.1. The van der Waals surface area contributed by atoms with E-state index in [-0.39, 0.29) is 18.5 Å². The van der Waals surface area contributed by atoms with E-state index in [0.717, 1.165) is 51.4 Å². The summed E-state index contributed by atoms with van der Waals surface area (Å²) in [4.78, 5) is 23.6. The second kappa shape index (κ2) is 19.1. The van der Waals surface area contributed by atoms with Crippen molar-refractivity contribution in [2.45, 2.75) is 97.0 Å². The average molecular weight is 399 g/mol. The van der Waals surface area contributed by atoms with E-state index in [9.17, 15) is 14.7 Å². The maximum atomic E-state index is 11.9. The van der Waals surface area contributed by atoms with Crippen LogP contribution in [0.2, 0.25) is 0 Å². The second-order valence-electron chi connectivity index (χ2n) is 7.53. The third kappa shape index (κ3) is 15.8. The van der Waals surface area contributed by atoms with E-state index in [1.54, 1.807) is 7.11 Å². The molecule has 0 bridgehead atoms. The number of aliphatic hydroxyl groups is 1. The van der Waals surface area contributed by atoms with Gasteiger partial charge in [0.15, 0.2) is 0 Å². The van der Waals surface area contributed by atoms with Gasteiger partial charge in [-0.2, -0.15) is 0 Å². The summed E-state index contributed by atoms with van der Waals surface area (Å²) in [6, 6.07) is 0. The van der Waals surface area contributed by atoms with E-state index in [4.69, 9.17) is 9.47 Å². The van der Waals surface area contributed by atoms with Crippen LogP contribution in [0, 0.1) is 5.92 Å². The number of rotatable bonds is 19. The van der Waals surface area contributed by atoms with Crippen molar-refractivity contribution in [1.29, 1.82) is 0 Å². The van der Waals surface area contributed by atoms with E-state index in [0.29, 0.717) is 13.0 Å². The van der Waals surface area contributed by atoms with Crippen LogP contribution in [-0.4, -0.2) is 43.3 Å². The topological polar surface area (TPSA) is 72.8 Å². The molecular formula is C23H42O5. The minimum atomic E-state index is -0.643. The molecule has 1 N–H and O–H groups in total. The molecule has 2 atom stereocenters. The molecule has 164 valence electrons. The highest BCUT2D eigenvalue weighted by Crippen LogP contribution is 2.15. The molecule has 1 unspecified atom stereocenters. The standard InChI is InChI=1S/C23H42O5/c1-4-5-6-12-15-21(25)16-13-10-8-7-9-11-14-17-22(20(2)24)23(26)28-19-18-27-3/h10,13,21-22,25H,4-9,11-12,14-19H2,1-3H3/b13-10-/t21-,22?/m1/s1. The molecule has 5 heteroatoms. The normalized spacial score (nSPS) is 13.6. The lowest BCUT2D eigenvalue weighted by Crippen LogP contribution is -2.25. The number of carbonyl (C=O) groups is 2. The van der Waals surface area contributed by atoms with Gasteiger partial charge in [0.2, 0.25) is 0 Å². The molecule has 0 saturated carbocycles. The van der Waals surface area contributed by atoms with Gasteiger partial charge in [-0.1, -0.05) is 64.0 Å². The molecule has 5 nitrogen and oxygen atoms in total. The van der Waals surface area contributed by atoms with Gasteiger partial charge in [0, 0.05) is 7.11 Å². The molecule has 0 aliphatic rings. The van der Waals surface area contributed by atoms with Gasteiger partial charge in [0.1, 0.15) is 18.3 Å². The molecule has 28 heavy (non-hydrogen) atoms. The lowest BCUT2D eigenvalue weighted by Gasteiger charge is -2.13. The molecule has 0 heterocycles. The van der Waals surface area contributed by atoms with Crippen LogP contribution in [0.5, 0.6) is 0 Å².